The van der Waals surface area contributed by atoms with Crippen molar-refractivity contribution in [2.75, 3.05) is 19.7 Å². The van der Waals surface area contributed by atoms with Gasteiger partial charge < -0.3 is 29.7 Å². The molecule has 0 radical (unpaired) electrons. The number of hydrogen-bond donors (Lipinski definition) is 3. The summed E-state index contributed by atoms with van der Waals surface area (Å²) < 4.78 is 11.5. The van der Waals surface area contributed by atoms with Gasteiger partial charge in [0, 0.05) is 24.4 Å². The maximum absolute atomic E-state index is 10.8. The first-order chi connectivity index (χ1) is 13.5. The molecule has 3 rings (SSSR count). The summed E-state index contributed by atoms with van der Waals surface area (Å²) in [6.45, 7) is 6.53. The Kier molecular flexibility index (Phi) is 7.57. The molecular formula is C22H35NO5. The lowest BCUT2D eigenvalue weighted by molar-refractivity contribution is -0.185. The molecule has 0 amide bonds. The van der Waals surface area contributed by atoms with Crippen LogP contribution in [0.5, 0.6) is 11.5 Å². The minimum absolute atomic E-state index is 0.152. The van der Waals surface area contributed by atoms with E-state index in [9.17, 15) is 15.3 Å². The van der Waals surface area contributed by atoms with Crippen molar-refractivity contribution in [2.45, 2.75) is 83.3 Å². The molecular weight excluding hydrogens is 358 g/mol. The molecule has 4 unspecified atom stereocenters. The summed E-state index contributed by atoms with van der Waals surface area (Å²) in [6.07, 6.45) is 4.21. The monoisotopic (exact) mass is 393 g/mol. The number of aromatic hydroxyl groups is 1. The Morgan fingerprint density at radius 2 is 1.93 bits per heavy atom. The molecule has 6 nitrogen and oxygen atoms in total. The van der Waals surface area contributed by atoms with Crippen LogP contribution in [0.25, 0.3) is 0 Å². The van der Waals surface area contributed by atoms with Gasteiger partial charge in [0.25, 0.3) is 0 Å². The predicted octanol–water partition coefficient (Wildman–Crippen LogP) is 2.61. The number of hydrogen-bond acceptors (Lipinski definition) is 6. The Morgan fingerprint density at radius 1 is 1.18 bits per heavy atom. The van der Waals surface area contributed by atoms with E-state index in [0.717, 1.165) is 50.8 Å². The summed E-state index contributed by atoms with van der Waals surface area (Å²) in [5, 5.41) is 30.0. The largest absolute Gasteiger partial charge is 0.504 e. The minimum atomic E-state index is -0.661. The fraction of sp³-hybridized carbons (Fsp3) is 0.727. The van der Waals surface area contributed by atoms with Crippen LogP contribution in [0.3, 0.4) is 0 Å². The number of phenolic OH excluding ortho intramolecular Hbond substituents is 1. The molecule has 0 saturated carbocycles. The molecule has 0 aromatic heterocycles. The molecule has 158 valence electrons. The van der Waals surface area contributed by atoms with Crippen molar-refractivity contribution in [1.29, 1.82) is 0 Å². The summed E-state index contributed by atoms with van der Waals surface area (Å²) in [5.74, 6) is 0.588. The van der Waals surface area contributed by atoms with Gasteiger partial charge in [-0.15, -0.1) is 0 Å². The van der Waals surface area contributed by atoms with Gasteiger partial charge in [-0.05, 0) is 56.8 Å². The van der Waals surface area contributed by atoms with E-state index in [1.807, 2.05) is 0 Å². The maximum Gasteiger partial charge on any atom is 0.202 e. The van der Waals surface area contributed by atoms with Gasteiger partial charge in [-0.3, -0.25) is 0 Å². The van der Waals surface area contributed by atoms with Crippen LogP contribution in [0, 0.1) is 0 Å². The van der Waals surface area contributed by atoms with Crippen LogP contribution in [0.2, 0.25) is 0 Å². The van der Waals surface area contributed by atoms with Crippen molar-refractivity contribution in [3.63, 3.8) is 0 Å². The molecule has 6 heteroatoms. The van der Waals surface area contributed by atoms with Gasteiger partial charge in [0.2, 0.25) is 6.29 Å². The molecule has 1 fully saturated rings. The molecule has 4 atom stereocenters. The lowest BCUT2D eigenvalue weighted by atomic mass is 9.86. The first kappa shape index (κ1) is 21.4. The van der Waals surface area contributed by atoms with E-state index in [1.165, 1.54) is 5.56 Å². The number of fused-ring (bicyclic) bond motifs is 1. The van der Waals surface area contributed by atoms with E-state index in [0.29, 0.717) is 24.6 Å². The van der Waals surface area contributed by atoms with Crippen LogP contribution in [0.15, 0.2) is 12.1 Å². The van der Waals surface area contributed by atoms with Crippen LogP contribution >= 0.6 is 0 Å². The normalized spacial score (nSPS) is 27.6. The van der Waals surface area contributed by atoms with Gasteiger partial charge in [0.05, 0.1) is 18.8 Å². The van der Waals surface area contributed by atoms with Crippen molar-refractivity contribution >= 4 is 0 Å². The third-order valence-electron chi connectivity index (χ3n) is 5.87. The molecule has 1 heterocycles. The van der Waals surface area contributed by atoms with Gasteiger partial charge in [-0.2, -0.15) is 0 Å². The van der Waals surface area contributed by atoms with E-state index < -0.39 is 18.5 Å². The molecule has 1 aliphatic heterocycles. The van der Waals surface area contributed by atoms with Gasteiger partial charge in [-0.1, -0.05) is 19.9 Å². The van der Waals surface area contributed by atoms with Gasteiger partial charge in [0.15, 0.2) is 11.5 Å². The zero-order valence-corrected chi connectivity index (χ0v) is 17.1. The minimum Gasteiger partial charge on any atom is -0.504 e. The third kappa shape index (κ3) is 4.98. The van der Waals surface area contributed by atoms with Crippen LogP contribution < -0.4 is 4.74 Å². The number of rotatable bonds is 8. The van der Waals surface area contributed by atoms with Crippen LogP contribution in [0.4, 0.5) is 0 Å². The molecule has 1 aliphatic carbocycles. The highest BCUT2D eigenvalue weighted by Crippen LogP contribution is 2.39. The van der Waals surface area contributed by atoms with Crippen molar-refractivity contribution in [3.05, 3.63) is 23.3 Å². The molecule has 0 bridgehead atoms. The van der Waals surface area contributed by atoms with Crippen molar-refractivity contribution in [2.24, 2.45) is 0 Å². The highest BCUT2D eigenvalue weighted by Gasteiger charge is 2.31. The average Bonchev–Trinajstić information content (AvgIpc) is 2.69. The van der Waals surface area contributed by atoms with Gasteiger partial charge in [0.1, 0.15) is 0 Å². The van der Waals surface area contributed by atoms with E-state index in [-0.39, 0.29) is 12.4 Å². The summed E-state index contributed by atoms with van der Waals surface area (Å²) in [5.41, 5.74) is 2.16. The second-order valence-electron chi connectivity index (χ2n) is 8.10. The number of nitrogens with zero attached hydrogens (tertiary/aromatic N) is 1. The molecule has 1 aromatic rings. The fourth-order valence-electron chi connectivity index (χ4n) is 4.53. The lowest BCUT2D eigenvalue weighted by Crippen LogP contribution is -2.41. The fourth-order valence-corrected chi connectivity index (χ4v) is 4.53. The molecule has 28 heavy (non-hydrogen) atoms. The Balaban J connectivity index is 1.70. The van der Waals surface area contributed by atoms with Crippen LogP contribution in [0.1, 0.15) is 57.1 Å². The van der Waals surface area contributed by atoms with E-state index in [4.69, 9.17) is 9.47 Å². The number of phenols is 1. The van der Waals surface area contributed by atoms with Crippen molar-refractivity contribution in [1.82, 2.24) is 4.90 Å². The number of aliphatic hydroxyl groups is 2. The highest BCUT2D eigenvalue weighted by atomic mass is 16.7. The smallest absolute Gasteiger partial charge is 0.202 e. The van der Waals surface area contributed by atoms with Crippen molar-refractivity contribution in [3.8, 4) is 11.5 Å². The molecule has 2 aliphatic rings. The third-order valence-corrected chi connectivity index (χ3v) is 5.87. The SMILES string of the molecule is CCCN(CCC)C1CCc2c(ccc(OC3CC(O)CC(CO)O3)c2O)C1. The standard InChI is InChI=1S/C22H35NO5/c1-3-9-23(10-4-2)16-6-7-19-15(11-16)5-8-20(22(19)26)28-21-13-17(25)12-18(14-24)27-21/h5,8,16-18,21,24-26H,3-4,6-7,9-14H2,1-2H3. The highest BCUT2D eigenvalue weighted by molar-refractivity contribution is 5.51. The van der Waals surface area contributed by atoms with E-state index in [1.54, 1.807) is 6.07 Å². The average molecular weight is 394 g/mol. The van der Waals surface area contributed by atoms with Gasteiger partial charge >= 0.3 is 0 Å². The topological polar surface area (TPSA) is 82.4 Å². The summed E-state index contributed by atoms with van der Waals surface area (Å²) in [7, 11) is 0. The first-order valence-corrected chi connectivity index (χ1v) is 10.7. The zero-order chi connectivity index (χ0) is 20.1. The lowest BCUT2D eigenvalue weighted by Gasteiger charge is -2.36. The summed E-state index contributed by atoms with van der Waals surface area (Å²) >= 11 is 0. The predicted molar refractivity (Wildman–Crippen MR) is 108 cm³/mol. The van der Waals surface area contributed by atoms with Crippen LogP contribution in [-0.4, -0.2) is 64.5 Å². The first-order valence-electron chi connectivity index (χ1n) is 10.7. The summed E-state index contributed by atoms with van der Waals surface area (Å²) in [4.78, 5) is 2.58. The van der Waals surface area contributed by atoms with Crippen molar-refractivity contribution < 1.29 is 24.8 Å². The second kappa shape index (κ2) is 9.92. The zero-order valence-electron chi connectivity index (χ0n) is 17.1. The Hall–Kier alpha value is -1.34. The Bertz CT molecular complexity index is 632. The second-order valence-corrected chi connectivity index (χ2v) is 8.10. The molecule has 1 saturated heterocycles. The summed E-state index contributed by atoms with van der Waals surface area (Å²) in [6, 6.07) is 4.38. The van der Waals surface area contributed by atoms with E-state index in [2.05, 4.69) is 24.8 Å². The molecule has 0 spiro atoms. The molecule has 3 N–H and O–H groups in total. The quantitative estimate of drug-likeness (QED) is 0.630. The Labute approximate surface area is 168 Å². The number of ether oxygens (including phenoxy) is 2. The van der Waals surface area contributed by atoms with Gasteiger partial charge in [-0.25, -0.2) is 0 Å². The maximum atomic E-state index is 10.8. The number of benzene rings is 1. The van der Waals surface area contributed by atoms with E-state index >= 15 is 0 Å². The van der Waals surface area contributed by atoms with Crippen LogP contribution in [-0.2, 0) is 17.6 Å². The number of aliphatic hydroxyl groups excluding tert-OH is 2. The molecule has 1 aromatic carbocycles. The Morgan fingerprint density at radius 3 is 2.61 bits per heavy atom.